The van der Waals surface area contributed by atoms with E-state index in [9.17, 15) is 18.0 Å². The Bertz CT molecular complexity index is 611. The number of likely N-dealkylation sites (N-methyl/N-ethyl adjacent to an activating group) is 1. The summed E-state index contributed by atoms with van der Waals surface area (Å²) in [7, 11) is 1.41. The summed E-state index contributed by atoms with van der Waals surface area (Å²) in [6, 6.07) is 5.21. The van der Waals surface area contributed by atoms with Gasteiger partial charge in [0.2, 0.25) is 5.54 Å². The highest BCUT2D eigenvalue weighted by Crippen LogP contribution is 2.45. The molecular weight excluding hydrogens is 311 g/mol. The second-order valence-corrected chi connectivity index (χ2v) is 6.11. The van der Waals surface area contributed by atoms with E-state index < -0.39 is 23.2 Å². The van der Waals surface area contributed by atoms with Gasteiger partial charge in [0.25, 0.3) is 5.91 Å². The van der Waals surface area contributed by atoms with E-state index in [-0.39, 0.29) is 18.7 Å². The number of anilines is 1. The molecule has 2 atom stereocenters. The lowest BCUT2D eigenvalue weighted by atomic mass is 9.80. The fourth-order valence-electron chi connectivity index (χ4n) is 3.30. The molecule has 8 heteroatoms. The molecule has 3 rings (SSSR count). The van der Waals surface area contributed by atoms with Crippen molar-refractivity contribution in [3.63, 3.8) is 0 Å². The van der Waals surface area contributed by atoms with Crippen LogP contribution < -0.4 is 11.1 Å². The van der Waals surface area contributed by atoms with E-state index in [1.165, 1.54) is 36.2 Å². The first kappa shape index (κ1) is 16.1. The molecule has 1 spiro atoms. The lowest BCUT2D eigenvalue weighted by Gasteiger charge is -2.50. The number of alkyl halides is 3. The smallest absolute Gasteiger partial charge is 0.399 e. The lowest BCUT2D eigenvalue weighted by molar-refractivity contribution is -0.220. The van der Waals surface area contributed by atoms with E-state index in [0.29, 0.717) is 18.7 Å². The summed E-state index contributed by atoms with van der Waals surface area (Å²) in [5.41, 5.74) is 2.24. The monoisotopic (exact) mass is 329 g/mol. The van der Waals surface area contributed by atoms with Gasteiger partial charge in [-0.1, -0.05) is 12.1 Å². The number of nitrogens with one attached hydrogen (secondary N) is 1. The Morgan fingerprint density at radius 1 is 1.30 bits per heavy atom. The van der Waals surface area contributed by atoms with Crippen molar-refractivity contribution in [3.05, 3.63) is 29.8 Å². The molecule has 1 aromatic rings. The van der Waals surface area contributed by atoms with Crippen LogP contribution in [-0.2, 0) is 15.1 Å². The Hall–Kier alpha value is -1.80. The van der Waals surface area contributed by atoms with Gasteiger partial charge in [0, 0.05) is 25.9 Å². The minimum atomic E-state index is -4.78. The molecule has 0 aliphatic carbocycles. The third-order valence-corrected chi connectivity index (χ3v) is 4.87. The quantitative estimate of drug-likeness (QED) is 0.761. The van der Waals surface area contributed by atoms with Crippen molar-refractivity contribution in [2.24, 2.45) is 0 Å². The Kier molecular flexibility index (Phi) is 3.57. The molecule has 0 saturated carbocycles. The molecule has 2 unspecified atom stereocenters. The minimum Gasteiger partial charge on any atom is -0.399 e. The van der Waals surface area contributed by atoms with E-state index in [1.807, 2.05) is 0 Å². The van der Waals surface area contributed by atoms with Gasteiger partial charge in [0.05, 0.1) is 12.1 Å². The molecule has 2 aliphatic rings. The van der Waals surface area contributed by atoms with Crippen LogP contribution >= 0.6 is 0 Å². The van der Waals surface area contributed by atoms with Crippen molar-refractivity contribution in [1.29, 1.82) is 0 Å². The summed E-state index contributed by atoms with van der Waals surface area (Å²) in [6.45, 7) is 0.678. The van der Waals surface area contributed by atoms with Gasteiger partial charge in [-0.25, -0.2) is 0 Å². The van der Waals surface area contributed by atoms with Crippen LogP contribution in [0.25, 0.3) is 0 Å². The van der Waals surface area contributed by atoms with Crippen molar-refractivity contribution >= 4 is 11.6 Å². The maximum absolute atomic E-state index is 13.9. The third-order valence-electron chi connectivity index (χ3n) is 4.87. The summed E-state index contributed by atoms with van der Waals surface area (Å²) in [4.78, 5) is 14.0. The first-order chi connectivity index (χ1) is 10.7. The highest BCUT2D eigenvalue weighted by atomic mass is 19.4. The van der Waals surface area contributed by atoms with Gasteiger partial charge in [-0.15, -0.1) is 0 Å². The molecule has 1 amide bonds. The van der Waals surface area contributed by atoms with E-state index in [4.69, 9.17) is 10.5 Å². The Labute approximate surface area is 131 Å². The fourth-order valence-corrected chi connectivity index (χ4v) is 3.30. The number of nitrogens with zero attached hydrogens (tertiary/aromatic N) is 1. The number of halogens is 3. The number of nitrogens with two attached hydrogens (primary N) is 1. The number of ether oxygens (including phenoxy) is 1. The summed E-state index contributed by atoms with van der Waals surface area (Å²) in [5, 5.41) is 2.48. The number of nitrogen functional groups attached to an aromatic ring is 1. The number of hydrogen-bond donors (Lipinski definition) is 2. The number of hydrogen-bond acceptors (Lipinski definition) is 4. The molecule has 0 bridgehead atoms. The zero-order chi connectivity index (χ0) is 16.9. The van der Waals surface area contributed by atoms with E-state index in [0.717, 1.165) is 0 Å². The number of rotatable bonds is 1. The van der Waals surface area contributed by atoms with Gasteiger partial charge in [-0.05, 0) is 24.1 Å². The molecule has 126 valence electrons. The number of piperazine rings is 1. The van der Waals surface area contributed by atoms with Crippen LogP contribution in [0.4, 0.5) is 18.9 Å². The number of benzene rings is 1. The maximum atomic E-state index is 13.9. The molecule has 2 fully saturated rings. The SMILES string of the molecule is CN1C(=O)C(c2ccc(N)cc2)(C(F)(F)F)NCC12CCOC2. The average molecular weight is 329 g/mol. The van der Waals surface area contributed by atoms with E-state index >= 15 is 0 Å². The van der Waals surface area contributed by atoms with E-state index in [2.05, 4.69) is 5.32 Å². The molecule has 5 nitrogen and oxygen atoms in total. The molecule has 0 radical (unpaired) electrons. The lowest BCUT2D eigenvalue weighted by Crippen LogP contribution is -2.75. The van der Waals surface area contributed by atoms with Gasteiger partial charge in [0.15, 0.2) is 0 Å². The summed E-state index contributed by atoms with van der Waals surface area (Å²) in [6.07, 6.45) is -4.27. The van der Waals surface area contributed by atoms with Gasteiger partial charge in [0.1, 0.15) is 0 Å². The predicted molar refractivity (Wildman–Crippen MR) is 77.5 cm³/mol. The van der Waals surface area contributed by atoms with Gasteiger partial charge in [-0.2, -0.15) is 13.2 Å². The zero-order valence-electron chi connectivity index (χ0n) is 12.6. The minimum absolute atomic E-state index is 0.0130. The van der Waals surface area contributed by atoms with Crippen LogP contribution in [0.1, 0.15) is 12.0 Å². The van der Waals surface area contributed by atoms with Crippen molar-refractivity contribution in [3.8, 4) is 0 Å². The average Bonchev–Trinajstić information content (AvgIpc) is 2.95. The molecule has 1 aromatic carbocycles. The molecular formula is C15H18F3N3O2. The van der Waals surface area contributed by atoms with Crippen molar-refractivity contribution in [1.82, 2.24) is 10.2 Å². The molecule has 0 aromatic heterocycles. The number of carbonyl (C=O) groups is 1. The van der Waals surface area contributed by atoms with Crippen molar-refractivity contribution in [2.75, 3.05) is 32.5 Å². The molecule has 2 saturated heterocycles. The Morgan fingerprint density at radius 3 is 2.48 bits per heavy atom. The summed E-state index contributed by atoms with van der Waals surface area (Å²) >= 11 is 0. The molecule has 2 heterocycles. The fraction of sp³-hybridized carbons (Fsp3) is 0.533. The standard InChI is InChI=1S/C15H18F3N3O2/c1-21-12(22)14(15(16,17)18,10-2-4-11(19)5-3-10)20-8-13(21)6-7-23-9-13/h2-5,20H,6-9,19H2,1H3. The number of amides is 1. The van der Waals surface area contributed by atoms with E-state index in [1.54, 1.807) is 0 Å². The summed E-state index contributed by atoms with van der Waals surface area (Å²) in [5.74, 6) is -1.02. The highest BCUT2D eigenvalue weighted by Gasteiger charge is 2.67. The topological polar surface area (TPSA) is 67.6 Å². The third kappa shape index (κ3) is 2.20. The van der Waals surface area contributed by atoms with Crippen LogP contribution in [0.3, 0.4) is 0 Å². The normalized spacial score (nSPS) is 31.8. The van der Waals surface area contributed by atoms with Crippen LogP contribution in [0.5, 0.6) is 0 Å². The van der Waals surface area contributed by atoms with Crippen LogP contribution in [0.2, 0.25) is 0 Å². The molecule has 23 heavy (non-hydrogen) atoms. The largest absolute Gasteiger partial charge is 0.419 e. The Balaban J connectivity index is 2.08. The zero-order valence-corrected chi connectivity index (χ0v) is 12.6. The molecule has 3 N–H and O–H groups in total. The number of carbonyl (C=O) groups excluding carboxylic acids is 1. The van der Waals surface area contributed by atoms with Crippen molar-refractivity contribution in [2.45, 2.75) is 23.7 Å². The van der Waals surface area contributed by atoms with Gasteiger partial charge >= 0.3 is 6.18 Å². The van der Waals surface area contributed by atoms with Gasteiger partial charge < -0.3 is 15.4 Å². The van der Waals surface area contributed by atoms with Crippen LogP contribution in [0, 0.1) is 0 Å². The van der Waals surface area contributed by atoms with Crippen molar-refractivity contribution < 1.29 is 22.7 Å². The first-order valence-electron chi connectivity index (χ1n) is 7.27. The van der Waals surface area contributed by atoms with Crippen LogP contribution in [0.15, 0.2) is 24.3 Å². The second kappa shape index (κ2) is 5.10. The second-order valence-electron chi connectivity index (χ2n) is 6.11. The first-order valence-corrected chi connectivity index (χ1v) is 7.27. The predicted octanol–water partition coefficient (Wildman–Crippen LogP) is 1.25. The van der Waals surface area contributed by atoms with Crippen LogP contribution in [-0.4, -0.2) is 49.3 Å². The highest BCUT2D eigenvalue weighted by molar-refractivity contribution is 5.90. The maximum Gasteiger partial charge on any atom is 0.419 e. The summed E-state index contributed by atoms with van der Waals surface area (Å²) < 4.78 is 47.0. The van der Waals surface area contributed by atoms with Gasteiger partial charge in [-0.3, -0.25) is 10.1 Å². The molecule has 2 aliphatic heterocycles. The Morgan fingerprint density at radius 2 is 1.96 bits per heavy atom.